The molecule has 6 nitrogen and oxygen atoms in total. The van der Waals surface area contributed by atoms with Crippen molar-refractivity contribution in [2.75, 3.05) is 18.9 Å². The average Bonchev–Trinajstić information content (AvgIpc) is 2.40. The summed E-state index contributed by atoms with van der Waals surface area (Å²) in [6.07, 6.45) is 0.0473. The SMILES string of the molecule is CCC(CO)(CO)NS(=O)(=O)c1cc(N)cc(F)c1F. The summed E-state index contributed by atoms with van der Waals surface area (Å²) in [7, 11) is -4.49. The van der Waals surface area contributed by atoms with Gasteiger partial charge in [0.1, 0.15) is 4.90 Å². The molecule has 0 aliphatic rings. The van der Waals surface area contributed by atoms with Gasteiger partial charge in [-0.05, 0) is 18.6 Å². The lowest BCUT2D eigenvalue weighted by Gasteiger charge is -2.29. The molecule has 20 heavy (non-hydrogen) atoms. The van der Waals surface area contributed by atoms with E-state index in [9.17, 15) is 27.4 Å². The van der Waals surface area contributed by atoms with Crippen molar-refractivity contribution in [1.29, 1.82) is 0 Å². The molecule has 0 aliphatic carbocycles. The van der Waals surface area contributed by atoms with Crippen molar-refractivity contribution >= 4 is 15.7 Å². The molecule has 0 atom stereocenters. The number of halogens is 2. The molecular weight excluding hydrogens is 294 g/mol. The van der Waals surface area contributed by atoms with Crippen molar-refractivity contribution < 1.29 is 27.4 Å². The molecule has 0 heterocycles. The number of sulfonamides is 1. The summed E-state index contributed by atoms with van der Waals surface area (Å²) >= 11 is 0. The fraction of sp³-hybridized carbons (Fsp3) is 0.455. The smallest absolute Gasteiger partial charge is 0.244 e. The van der Waals surface area contributed by atoms with Crippen molar-refractivity contribution in [1.82, 2.24) is 4.72 Å². The van der Waals surface area contributed by atoms with Crippen LogP contribution in [0.1, 0.15) is 13.3 Å². The normalized spacial score (nSPS) is 12.7. The van der Waals surface area contributed by atoms with E-state index in [4.69, 9.17) is 5.73 Å². The summed E-state index contributed by atoms with van der Waals surface area (Å²) in [5.74, 6) is -2.98. The van der Waals surface area contributed by atoms with Crippen LogP contribution in [-0.4, -0.2) is 37.4 Å². The summed E-state index contributed by atoms with van der Waals surface area (Å²) in [5, 5.41) is 18.4. The van der Waals surface area contributed by atoms with Gasteiger partial charge >= 0.3 is 0 Å². The van der Waals surface area contributed by atoms with Crippen LogP contribution in [0.25, 0.3) is 0 Å². The number of hydrogen-bond acceptors (Lipinski definition) is 5. The number of anilines is 1. The highest BCUT2D eigenvalue weighted by atomic mass is 32.2. The summed E-state index contributed by atoms with van der Waals surface area (Å²) in [6, 6.07) is 1.41. The number of nitrogen functional groups attached to an aromatic ring is 1. The van der Waals surface area contributed by atoms with Gasteiger partial charge in [-0.2, -0.15) is 0 Å². The van der Waals surface area contributed by atoms with Gasteiger partial charge in [-0.15, -0.1) is 0 Å². The highest BCUT2D eigenvalue weighted by Gasteiger charge is 2.34. The Morgan fingerprint density at radius 1 is 1.30 bits per heavy atom. The Morgan fingerprint density at radius 3 is 2.30 bits per heavy atom. The fourth-order valence-electron chi connectivity index (χ4n) is 1.53. The van der Waals surface area contributed by atoms with Gasteiger partial charge in [0.15, 0.2) is 11.6 Å². The molecule has 0 spiro atoms. The van der Waals surface area contributed by atoms with Gasteiger partial charge in [0.2, 0.25) is 10.0 Å². The maximum atomic E-state index is 13.6. The molecule has 1 rings (SSSR count). The van der Waals surface area contributed by atoms with Gasteiger partial charge in [0.25, 0.3) is 0 Å². The van der Waals surface area contributed by atoms with E-state index in [0.29, 0.717) is 6.07 Å². The summed E-state index contributed by atoms with van der Waals surface area (Å²) in [4.78, 5) is -0.977. The summed E-state index contributed by atoms with van der Waals surface area (Å²) < 4.78 is 52.9. The Hall–Kier alpha value is -1.29. The van der Waals surface area contributed by atoms with E-state index in [1.54, 1.807) is 0 Å². The van der Waals surface area contributed by atoms with E-state index in [-0.39, 0.29) is 12.1 Å². The second kappa shape index (κ2) is 6.00. The first-order chi connectivity index (χ1) is 9.21. The maximum absolute atomic E-state index is 13.6. The van der Waals surface area contributed by atoms with Crippen LogP contribution in [0.5, 0.6) is 0 Å². The van der Waals surface area contributed by atoms with Crippen LogP contribution in [0.15, 0.2) is 17.0 Å². The zero-order valence-corrected chi connectivity index (χ0v) is 11.5. The van der Waals surface area contributed by atoms with Crippen LogP contribution >= 0.6 is 0 Å². The molecule has 5 N–H and O–H groups in total. The van der Waals surface area contributed by atoms with E-state index in [1.165, 1.54) is 6.92 Å². The number of rotatable bonds is 6. The fourth-order valence-corrected chi connectivity index (χ4v) is 3.11. The second-order valence-electron chi connectivity index (χ2n) is 4.37. The third-order valence-corrected chi connectivity index (χ3v) is 4.52. The Morgan fingerprint density at radius 2 is 1.85 bits per heavy atom. The predicted molar refractivity (Wildman–Crippen MR) is 68.3 cm³/mol. The number of nitrogens with one attached hydrogen (secondary N) is 1. The monoisotopic (exact) mass is 310 g/mol. The lowest BCUT2D eigenvalue weighted by Crippen LogP contribution is -2.53. The first kappa shape index (κ1) is 16.8. The molecule has 0 bridgehead atoms. The molecule has 0 unspecified atom stereocenters. The number of hydrogen-bond donors (Lipinski definition) is 4. The zero-order valence-electron chi connectivity index (χ0n) is 10.7. The Balaban J connectivity index is 3.31. The summed E-state index contributed by atoms with van der Waals surface area (Å²) in [6.45, 7) is 0.114. The minimum absolute atomic E-state index is 0.0473. The van der Waals surface area contributed by atoms with E-state index in [2.05, 4.69) is 0 Å². The van der Waals surface area contributed by atoms with Crippen LogP contribution < -0.4 is 10.5 Å². The molecule has 0 aliphatic heterocycles. The number of aliphatic hydroxyl groups is 2. The molecule has 114 valence electrons. The topological polar surface area (TPSA) is 113 Å². The number of nitrogens with two attached hydrogens (primary N) is 1. The largest absolute Gasteiger partial charge is 0.399 e. The number of aliphatic hydroxyl groups excluding tert-OH is 2. The van der Waals surface area contributed by atoms with Gasteiger partial charge in [-0.3, -0.25) is 0 Å². The highest BCUT2D eigenvalue weighted by molar-refractivity contribution is 7.89. The molecule has 0 radical (unpaired) electrons. The van der Waals surface area contributed by atoms with Crippen LogP contribution in [-0.2, 0) is 10.0 Å². The molecular formula is C11H16F2N2O4S. The first-order valence-corrected chi connectivity index (χ1v) is 7.20. The quantitative estimate of drug-likeness (QED) is 0.551. The van der Waals surface area contributed by atoms with Crippen molar-refractivity contribution in [2.45, 2.75) is 23.8 Å². The van der Waals surface area contributed by atoms with Gasteiger partial charge in [0.05, 0.1) is 18.8 Å². The van der Waals surface area contributed by atoms with Crippen LogP contribution in [0.4, 0.5) is 14.5 Å². The third-order valence-electron chi connectivity index (χ3n) is 2.94. The molecule has 0 fully saturated rings. The second-order valence-corrected chi connectivity index (χ2v) is 6.02. The van der Waals surface area contributed by atoms with Crippen LogP contribution in [0.3, 0.4) is 0 Å². The van der Waals surface area contributed by atoms with Gasteiger partial charge in [-0.1, -0.05) is 6.92 Å². The zero-order chi connectivity index (χ0) is 15.6. The minimum atomic E-state index is -4.49. The van der Waals surface area contributed by atoms with Gasteiger partial charge in [-0.25, -0.2) is 21.9 Å². The van der Waals surface area contributed by atoms with E-state index < -0.39 is 45.3 Å². The van der Waals surface area contributed by atoms with Crippen molar-refractivity contribution in [3.05, 3.63) is 23.8 Å². The Kier molecular flexibility index (Phi) is 5.03. The molecule has 1 aromatic carbocycles. The first-order valence-electron chi connectivity index (χ1n) is 5.71. The van der Waals surface area contributed by atoms with Crippen molar-refractivity contribution in [3.8, 4) is 0 Å². The molecule has 0 amide bonds. The van der Waals surface area contributed by atoms with E-state index in [1.807, 2.05) is 4.72 Å². The van der Waals surface area contributed by atoms with Crippen LogP contribution in [0, 0.1) is 11.6 Å². The average molecular weight is 310 g/mol. The molecule has 0 saturated heterocycles. The standard InChI is InChI=1S/C11H16F2N2O4S/c1-2-11(5-16,6-17)15-20(18,19)9-4-7(14)3-8(12)10(9)13/h3-4,15-17H,2,5-6,14H2,1H3. The predicted octanol–water partition coefficient (Wildman–Crippen LogP) is -0.0413. The Bertz CT molecular complexity index is 580. The van der Waals surface area contributed by atoms with Crippen molar-refractivity contribution in [2.24, 2.45) is 0 Å². The lowest BCUT2D eigenvalue weighted by molar-refractivity contribution is 0.105. The van der Waals surface area contributed by atoms with E-state index >= 15 is 0 Å². The molecule has 1 aromatic rings. The Labute approximate surface area is 115 Å². The molecule has 0 aromatic heterocycles. The van der Waals surface area contributed by atoms with Gasteiger partial charge in [0, 0.05) is 5.69 Å². The number of benzene rings is 1. The molecule has 0 saturated carbocycles. The minimum Gasteiger partial charge on any atom is -0.399 e. The molecule has 9 heteroatoms. The van der Waals surface area contributed by atoms with Crippen molar-refractivity contribution in [3.63, 3.8) is 0 Å². The lowest BCUT2D eigenvalue weighted by atomic mass is 10.0. The third kappa shape index (κ3) is 3.23. The maximum Gasteiger partial charge on any atom is 0.244 e. The van der Waals surface area contributed by atoms with Gasteiger partial charge < -0.3 is 15.9 Å². The highest BCUT2D eigenvalue weighted by Crippen LogP contribution is 2.23. The van der Waals surface area contributed by atoms with Crippen LogP contribution in [0.2, 0.25) is 0 Å². The van der Waals surface area contributed by atoms with E-state index in [0.717, 1.165) is 6.07 Å². The summed E-state index contributed by atoms with van der Waals surface area (Å²) in [5.41, 5.74) is 3.46.